The maximum Gasteiger partial charge on any atom is 0.318 e. The van der Waals surface area contributed by atoms with Crippen molar-refractivity contribution >= 4 is 27.6 Å². The molecule has 0 radical (unpaired) electrons. The molecule has 1 heterocycles. The molecule has 0 aromatic heterocycles. The zero-order chi connectivity index (χ0) is 17.9. The lowest BCUT2D eigenvalue weighted by Crippen LogP contribution is -2.35. The lowest BCUT2D eigenvalue weighted by molar-refractivity contribution is -0.384. The largest absolute Gasteiger partial charge is 0.318 e. The van der Waals surface area contributed by atoms with Crippen molar-refractivity contribution < 1.29 is 27.2 Å². The zero-order valence-electron chi connectivity index (χ0n) is 12.9. The minimum atomic E-state index is -4.44. The van der Waals surface area contributed by atoms with Crippen molar-refractivity contribution in [1.29, 1.82) is 0 Å². The van der Waals surface area contributed by atoms with E-state index in [-0.39, 0.29) is 22.4 Å². The molecular formula is C15H14N2O7S. The molecule has 1 saturated heterocycles. The van der Waals surface area contributed by atoms with E-state index in [1.807, 2.05) is 0 Å². The number of amides is 2. The van der Waals surface area contributed by atoms with Gasteiger partial charge in [0.25, 0.3) is 17.5 Å². The molecule has 4 atom stereocenters. The number of nitrogens with zero attached hydrogens (tertiary/aromatic N) is 2. The monoisotopic (exact) mass is 366 g/mol. The number of fused-ring (bicyclic) bond motifs is 5. The molecular weight excluding hydrogens is 352 g/mol. The third kappa shape index (κ3) is 2.35. The summed E-state index contributed by atoms with van der Waals surface area (Å²) in [7, 11) is -4.44. The van der Waals surface area contributed by atoms with E-state index in [0.717, 1.165) is 43.5 Å². The van der Waals surface area contributed by atoms with Crippen molar-refractivity contribution in [1.82, 2.24) is 5.06 Å². The van der Waals surface area contributed by atoms with Gasteiger partial charge in [0.1, 0.15) is 0 Å². The van der Waals surface area contributed by atoms with Gasteiger partial charge in [-0.05, 0) is 43.2 Å². The van der Waals surface area contributed by atoms with Crippen LogP contribution in [0.1, 0.15) is 19.3 Å². The number of nitro groups is 1. The molecule has 0 N–H and O–H groups in total. The molecule has 132 valence electrons. The molecule has 4 rings (SSSR count). The summed E-state index contributed by atoms with van der Waals surface area (Å²) < 4.78 is 29.4. The van der Waals surface area contributed by atoms with E-state index in [0.29, 0.717) is 5.06 Å². The van der Waals surface area contributed by atoms with E-state index in [9.17, 15) is 28.1 Å². The SMILES string of the molecule is O=C1[C@H]2[C@H]3CC[C@@H](C3)[C@@H]2C(=O)N1OS(=O)(=O)c1ccc([N+](=O)[O-])cc1. The summed E-state index contributed by atoms with van der Waals surface area (Å²) in [5.41, 5.74) is -0.279. The number of hydrogen-bond acceptors (Lipinski definition) is 7. The second-order valence-corrected chi connectivity index (χ2v) is 8.16. The lowest BCUT2D eigenvalue weighted by Gasteiger charge is -2.18. The Bertz CT molecular complexity index is 852. The van der Waals surface area contributed by atoms with Crippen molar-refractivity contribution in [2.45, 2.75) is 24.2 Å². The molecule has 1 aliphatic heterocycles. The highest BCUT2D eigenvalue weighted by Crippen LogP contribution is 2.56. The Kier molecular flexibility index (Phi) is 3.45. The fourth-order valence-electron chi connectivity index (χ4n) is 4.33. The summed E-state index contributed by atoms with van der Waals surface area (Å²) in [6.07, 6.45) is 2.57. The molecule has 2 saturated carbocycles. The van der Waals surface area contributed by atoms with Gasteiger partial charge >= 0.3 is 10.1 Å². The van der Waals surface area contributed by atoms with Crippen molar-refractivity contribution in [3.8, 4) is 0 Å². The Morgan fingerprint density at radius 1 is 1.04 bits per heavy atom. The smallest absolute Gasteiger partial charge is 0.272 e. The first kappa shape index (κ1) is 16.2. The quantitative estimate of drug-likeness (QED) is 0.446. The Hall–Kier alpha value is -2.33. The lowest BCUT2D eigenvalue weighted by atomic mass is 9.81. The van der Waals surface area contributed by atoms with Gasteiger partial charge in [-0.1, -0.05) is 0 Å². The van der Waals surface area contributed by atoms with Gasteiger partial charge in [-0.3, -0.25) is 19.7 Å². The van der Waals surface area contributed by atoms with Gasteiger partial charge in [0.05, 0.1) is 21.7 Å². The van der Waals surface area contributed by atoms with E-state index in [2.05, 4.69) is 0 Å². The van der Waals surface area contributed by atoms with Crippen LogP contribution in [0.5, 0.6) is 0 Å². The predicted octanol–water partition coefficient (Wildman–Crippen LogP) is 1.25. The highest BCUT2D eigenvalue weighted by atomic mass is 32.2. The number of non-ortho nitro benzene ring substituents is 1. The molecule has 0 spiro atoms. The second-order valence-electron chi connectivity index (χ2n) is 6.64. The summed E-state index contributed by atoms with van der Waals surface area (Å²) >= 11 is 0. The molecule has 2 bridgehead atoms. The fraction of sp³-hybridized carbons (Fsp3) is 0.467. The van der Waals surface area contributed by atoms with Gasteiger partial charge in [0.15, 0.2) is 0 Å². The van der Waals surface area contributed by atoms with Gasteiger partial charge in [0, 0.05) is 12.1 Å². The summed E-state index contributed by atoms with van der Waals surface area (Å²) in [5.74, 6) is -1.96. The number of rotatable bonds is 4. The third-order valence-electron chi connectivity index (χ3n) is 5.40. The average Bonchev–Trinajstić information content (AvgIpc) is 3.25. The Morgan fingerprint density at radius 2 is 1.56 bits per heavy atom. The van der Waals surface area contributed by atoms with Crippen LogP contribution in [-0.4, -0.2) is 30.2 Å². The van der Waals surface area contributed by atoms with Crippen LogP contribution in [0.4, 0.5) is 5.69 Å². The summed E-state index contributed by atoms with van der Waals surface area (Å²) in [5, 5.41) is 11.0. The van der Waals surface area contributed by atoms with Crippen molar-refractivity contribution in [2.75, 3.05) is 0 Å². The molecule has 1 aromatic rings. The number of benzene rings is 1. The van der Waals surface area contributed by atoms with E-state index >= 15 is 0 Å². The van der Waals surface area contributed by atoms with Crippen LogP contribution in [-0.2, 0) is 24.0 Å². The third-order valence-corrected chi connectivity index (χ3v) is 6.59. The molecule has 9 nitrogen and oxygen atoms in total. The van der Waals surface area contributed by atoms with E-state index in [4.69, 9.17) is 4.28 Å². The van der Waals surface area contributed by atoms with Crippen LogP contribution >= 0.6 is 0 Å². The standard InChI is InChI=1S/C15H14N2O7S/c18-14-12-8-1-2-9(7-8)13(12)15(19)16(14)24-25(22,23)11-5-3-10(4-6-11)17(20)21/h3-6,8-9,12-13H,1-2,7H2/t8-,9-,12-,13-/m0/s1. The normalized spacial score (nSPS) is 30.8. The predicted molar refractivity (Wildman–Crippen MR) is 81.0 cm³/mol. The van der Waals surface area contributed by atoms with Gasteiger partial charge in [0.2, 0.25) is 0 Å². The second kappa shape index (κ2) is 5.33. The van der Waals surface area contributed by atoms with Gasteiger partial charge in [-0.15, -0.1) is 9.35 Å². The van der Waals surface area contributed by atoms with Crippen LogP contribution in [0, 0.1) is 33.8 Å². The molecule has 2 aliphatic carbocycles. The number of nitro benzene ring substituents is 1. The number of hydroxylamine groups is 2. The zero-order valence-corrected chi connectivity index (χ0v) is 13.7. The number of carbonyl (C=O) groups is 2. The van der Waals surface area contributed by atoms with Gasteiger partial charge in [-0.25, -0.2) is 0 Å². The van der Waals surface area contributed by atoms with Crippen molar-refractivity contribution in [3.05, 3.63) is 34.4 Å². The molecule has 1 aromatic carbocycles. The first-order valence-electron chi connectivity index (χ1n) is 7.86. The van der Waals surface area contributed by atoms with Crippen LogP contribution < -0.4 is 0 Å². The number of carbonyl (C=O) groups excluding carboxylic acids is 2. The van der Waals surface area contributed by atoms with Gasteiger partial charge in [-0.2, -0.15) is 8.42 Å². The summed E-state index contributed by atoms with van der Waals surface area (Å²) in [6, 6.07) is 4.03. The summed E-state index contributed by atoms with van der Waals surface area (Å²) in [6.45, 7) is 0. The molecule has 0 unspecified atom stereocenters. The maximum absolute atomic E-state index is 12.5. The molecule has 25 heavy (non-hydrogen) atoms. The van der Waals surface area contributed by atoms with Crippen molar-refractivity contribution in [3.63, 3.8) is 0 Å². The van der Waals surface area contributed by atoms with Crippen LogP contribution in [0.25, 0.3) is 0 Å². The Balaban J connectivity index is 1.58. The fourth-order valence-corrected chi connectivity index (χ4v) is 5.23. The van der Waals surface area contributed by atoms with Crippen LogP contribution in [0.2, 0.25) is 0 Å². The first-order chi connectivity index (χ1) is 11.8. The Labute approximate surface area is 142 Å². The van der Waals surface area contributed by atoms with E-state index in [1.54, 1.807) is 0 Å². The van der Waals surface area contributed by atoms with Gasteiger partial charge < -0.3 is 0 Å². The average molecular weight is 366 g/mol. The minimum Gasteiger partial charge on any atom is -0.272 e. The molecule has 3 fully saturated rings. The number of imide groups is 1. The highest BCUT2D eigenvalue weighted by molar-refractivity contribution is 7.86. The Morgan fingerprint density at radius 3 is 2.04 bits per heavy atom. The van der Waals surface area contributed by atoms with E-state index < -0.39 is 38.7 Å². The first-order valence-corrected chi connectivity index (χ1v) is 9.27. The molecule has 2 amide bonds. The minimum absolute atomic E-state index is 0.113. The van der Waals surface area contributed by atoms with E-state index in [1.165, 1.54) is 0 Å². The maximum atomic E-state index is 12.5. The topological polar surface area (TPSA) is 124 Å². The molecule has 3 aliphatic rings. The van der Waals surface area contributed by atoms with Crippen LogP contribution in [0.15, 0.2) is 29.2 Å². The summed E-state index contributed by atoms with van der Waals surface area (Å²) in [4.78, 5) is 34.5. The van der Waals surface area contributed by atoms with Crippen molar-refractivity contribution in [2.24, 2.45) is 23.7 Å². The molecule has 10 heteroatoms. The van der Waals surface area contributed by atoms with Crippen LogP contribution in [0.3, 0.4) is 0 Å². The highest BCUT2D eigenvalue weighted by Gasteiger charge is 2.62. The number of hydrogen-bond donors (Lipinski definition) is 0.